The lowest BCUT2D eigenvalue weighted by Gasteiger charge is -2.26. The summed E-state index contributed by atoms with van der Waals surface area (Å²) in [6, 6.07) is 0. The van der Waals surface area contributed by atoms with Gasteiger partial charge in [0.2, 0.25) is 0 Å². The van der Waals surface area contributed by atoms with Gasteiger partial charge in [-0.2, -0.15) is 0 Å². The molecule has 4 nitrogen and oxygen atoms in total. The van der Waals surface area contributed by atoms with Gasteiger partial charge in [0.25, 0.3) is 0 Å². The largest absolute Gasteiger partial charge is 0.333 e. The van der Waals surface area contributed by atoms with E-state index >= 15 is 0 Å². The summed E-state index contributed by atoms with van der Waals surface area (Å²) in [5, 5.41) is 0. The summed E-state index contributed by atoms with van der Waals surface area (Å²) < 4.78 is 0. The van der Waals surface area contributed by atoms with Crippen LogP contribution in [-0.2, 0) is 4.79 Å². The molecule has 0 aromatic carbocycles. The number of hydrazine groups is 1. The molecule has 0 aliphatic heterocycles. The minimum atomic E-state index is -0.563. The molecular formula is C13H27N3O. The van der Waals surface area contributed by atoms with Crippen LogP contribution in [0.15, 0.2) is 25.3 Å². The number of hydrogen-bond donors (Lipinski definition) is 3. The van der Waals surface area contributed by atoms with Gasteiger partial charge in [0.15, 0.2) is 0 Å². The van der Waals surface area contributed by atoms with Crippen LogP contribution in [0.1, 0.15) is 38.5 Å². The first-order valence-electron chi connectivity index (χ1n) is 5.98. The van der Waals surface area contributed by atoms with E-state index in [1.807, 2.05) is 12.2 Å². The Morgan fingerprint density at radius 3 is 1.76 bits per heavy atom. The van der Waals surface area contributed by atoms with E-state index in [-0.39, 0.29) is 0 Å². The number of aldehydes is 1. The van der Waals surface area contributed by atoms with Crippen LogP contribution in [0.2, 0.25) is 0 Å². The Balaban J connectivity index is 0. The third-order valence-corrected chi connectivity index (χ3v) is 2.58. The molecule has 17 heavy (non-hydrogen) atoms. The smallest absolute Gasteiger partial charge is 0.141 e. The van der Waals surface area contributed by atoms with Crippen LogP contribution < -0.4 is 17.0 Å². The second-order valence-corrected chi connectivity index (χ2v) is 3.78. The fourth-order valence-corrected chi connectivity index (χ4v) is 1.54. The van der Waals surface area contributed by atoms with E-state index in [0.29, 0.717) is 0 Å². The molecule has 0 aliphatic carbocycles. The van der Waals surface area contributed by atoms with E-state index in [1.54, 1.807) is 0 Å². The van der Waals surface area contributed by atoms with Crippen LogP contribution in [0.5, 0.6) is 0 Å². The van der Waals surface area contributed by atoms with Crippen molar-refractivity contribution in [2.45, 2.75) is 44.1 Å². The molecule has 0 fully saturated rings. The van der Waals surface area contributed by atoms with E-state index in [9.17, 15) is 4.79 Å². The molecule has 4 heteroatoms. The normalized spacial score (nSPS) is 10.1. The maximum absolute atomic E-state index is 11.1. The van der Waals surface area contributed by atoms with Gasteiger partial charge in [-0.25, -0.2) is 5.43 Å². The zero-order valence-electron chi connectivity index (χ0n) is 11.0. The summed E-state index contributed by atoms with van der Waals surface area (Å²) in [5.74, 6) is 5.45. The molecule has 0 saturated carbocycles. The van der Waals surface area contributed by atoms with Crippen molar-refractivity contribution in [2.75, 3.05) is 7.05 Å². The summed E-state index contributed by atoms with van der Waals surface area (Å²) in [4.78, 5) is 11.1. The zero-order valence-corrected chi connectivity index (χ0v) is 11.0. The first-order chi connectivity index (χ1) is 8.24. The Hall–Kier alpha value is -0.970. The average Bonchev–Trinajstić information content (AvgIpc) is 2.40. The van der Waals surface area contributed by atoms with Crippen molar-refractivity contribution in [1.29, 1.82) is 0 Å². The van der Waals surface area contributed by atoms with E-state index in [0.717, 1.165) is 44.8 Å². The molecule has 0 amide bonds. The number of carbonyl (C=O) groups is 1. The SMILES string of the molecule is C=CCCCC(C=O)(CCCC=C)NN.CN. The van der Waals surface area contributed by atoms with Gasteiger partial charge >= 0.3 is 0 Å². The predicted octanol–water partition coefficient (Wildman–Crippen LogP) is 1.67. The van der Waals surface area contributed by atoms with Gasteiger partial charge in [0, 0.05) is 0 Å². The van der Waals surface area contributed by atoms with E-state index < -0.39 is 5.54 Å². The van der Waals surface area contributed by atoms with Crippen LogP contribution in [-0.4, -0.2) is 18.9 Å². The molecule has 0 spiro atoms. The molecular weight excluding hydrogens is 214 g/mol. The van der Waals surface area contributed by atoms with E-state index in [2.05, 4.69) is 24.3 Å². The minimum absolute atomic E-state index is 0.563. The van der Waals surface area contributed by atoms with Crippen molar-refractivity contribution in [1.82, 2.24) is 5.43 Å². The van der Waals surface area contributed by atoms with Crippen LogP contribution in [0, 0.1) is 0 Å². The first kappa shape index (κ1) is 18.4. The van der Waals surface area contributed by atoms with Crippen molar-refractivity contribution in [3.63, 3.8) is 0 Å². The molecule has 0 atom stereocenters. The number of rotatable bonds is 10. The topological polar surface area (TPSA) is 81.1 Å². The van der Waals surface area contributed by atoms with E-state index in [1.165, 1.54) is 7.05 Å². The fraction of sp³-hybridized carbons (Fsp3) is 0.615. The van der Waals surface area contributed by atoms with Gasteiger partial charge in [-0.15, -0.1) is 13.2 Å². The molecule has 100 valence electrons. The third-order valence-electron chi connectivity index (χ3n) is 2.58. The molecule has 0 saturated heterocycles. The van der Waals surface area contributed by atoms with Crippen molar-refractivity contribution in [3.8, 4) is 0 Å². The Labute approximate surface area is 105 Å². The summed E-state index contributed by atoms with van der Waals surface area (Å²) in [6.45, 7) is 7.31. The van der Waals surface area contributed by atoms with Gasteiger partial charge in [0.1, 0.15) is 6.29 Å². The van der Waals surface area contributed by atoms with Gasteiger partial charge in [-0.05, 0) is 45.6 Å². The molecule has 5 N–H and O–H groups in total. The first-order valence-corrected chi connectivity index (χ1v) is 5.98. The maximum Gasteiger partial charge on any atom is 0.141 e. The van der Waals surface area contributed by atoms with Crippen molar-refractivity contribution in [3.05, 3.63) is 25.3 Å². The van der Waals surface area contributed by atoms with Gasteiger partial charge in [-0.3, -0.25) is 5.84 Å². The number of unbranched alkanes of at least 4 members (excludes halogenated alkanes) is 2. The minimum Gasteiger partial charge on any atom is -0.333 e. The van der Waals surface area contributed by atoms with Gasteiger partial charge in [0.05, 0.1) is 5.54 Å². The number of nitrogens with one attached hydrogen (secondary N) is 1. The number of nitrogens with two attached hydrogens (primary N) is 2. The second-order valence-electron chi connectivity index (χ2n) is 3.78. The number of carbonyl (C=O) groups excluding carboxylic acids is 1. The highest BCUT2D eigenvalue weighted by Gasteiger charge is 2.26. The molecule has 0 aliphatic rings. The lowest BCUT2D eigenvalue weighted by molar-refractivity contribution is -0.114. The Morgan fingerprint density at radius 2 is 1.53 bits per heavy atom. The zero-order chi connectivity index (χ0) is 13.6. The molecule has 0 aromatic rings. The molecule has 0 unspecified atom stereocenters. The number of allylic oxidation sites excluding steroid dienone is 2. The highest BCUT2D eigenvalue weighted by atomic mass is 16.1. The Bertz CT molecular complexity index is 191. The van der Waals surface area contributed by atoms with Crippen LogP contribution in [0.3, 0.4) is 0 Å². The highest BCUT2D eigenvalue weighted by Crippen LogP contribution is 2.18. The lowest BCUT2D eigenvalue weighted by atomic mass is 9.89. The van der Waals surface area contributed by atoms with Gasteiger partial charge < -0.3 is 10.5 Å². The molecule has 0 heterocycles. The van der Waals surface area contributed by atoms with Crippen molar-refractivity contribution >= 4 is 6.29 Å². The second kappa shape index (κ2) is 13.1. The Kier molecular flexibility index (Phi) is 14.2. The fourth-order valence-electron chi connectivity index (χ4n) is 1.54. The van der Waals surface area contributed by atoms with Gasteiger partial charge in [-0.1, -0.05) is 12.2 Å². The monoisotopic (exact) mass is 241 g/mol. The predicted molar refractivity (Wildman–Crippen MR) is 74.3 cm³/mol. The highest BCUT2D eigenvalue weighted by molar-refractivity contribution is 5.63. The van der Waals surface area contributed by atoms with Crippen LogP contribution >= 0.6 is 0 Å². The van der Waals surface area contributed by atoms with E-state index in [4.69, 9.17) is 5.84 Å². The summed E-state index contributed by atoms with van der Waals surface area (Å²) in [7, 11) is 1.50. The Morgan fingerprint density at radius 1 is 1.12 bits per heavy atom. The summed E-state index contributed by atoms with van der Waals surface area (Å²) in [5.41, 5.74) is 6.58. The standard InChI is InChI=1S/C12H22N2O.CH5N/c1-3-5-7-9-12(11-15,14-13)10-8-6-4-2;1-2/h3-4,11,14H,1-2,5-10,13H2;2H2,1H3. The average molecular weight is 241 g/mol. The molecule has 0 bridgehead atoms. The van der Waals surface area contributed by atoms with Crippen LogP contribution in [0.4, 0.5) is 0 Å². The number of hydrogen-bond acceptors (Lipinski definition) is 4. The van der Waals surface area contributed by atoms with Crippen molar-refractivity contribution in [2.24, 2.45) is 11.6 Å². The molecule has 0 aromatic heterocycles. The maximum atomic E-state index is 11.1. The summed E-state index contributed by atoms with van der Waals surface area (Å²) >= 11 is 0. The third kappa shape index (κ3) is 8.80. The lowest BCUT2D eigenvalue weighted by Crippen LogP contribution is -2.50. The van der Waals surface area contributed by atoms with Crippen LogP contribution in [0.25, 0.3) is 0 Å². The molecule has 0 rings (SSSR count). The molecule has 0 radical (unpaired) electrons. The summed E-state index contributed by atoms with van der Waals surface area (Å²) in [6.07, 6.45) is 9.86. The van der Waals surface area contributed by atoms with Crippen molar-refractivity contribution < 1.29 is 4.79 Å². The quantitative estimate of drug-likeness (QED) is 0.179.